The van der Waals surface area contributed by atoms with Crippen molar-refractivity contribution in [2.45, 2.75) is 25.8 Å². The first-order valence-electron chi connectivity index (χ1n) is 5.61. The predicted octanol–water partition coefficient (Wildman–Crippen LogP) is 1.58. The molecular weight excluding hydrogens is 214 g/mol. The Labute approximate surface area is 100 Å². The molecule has 1 N–H and O–H groups in total. The van der Waals surface area contributed by atoms with Crippen molar-refractivity contribution >= 4 is 16.9 Å². The number of anilines is 1. The molecule has 2 heterocycles. The Balaban J connectivity index is 2.33. The summed E-state index contributed by atoms with van der Waals surface area (Å²) in [6, 6.07) is -0.00157. The van der Waals surface area contributed by atoms with Crippen LogP contribution < -0.4 is 5.32 Å². The standard InChI is InChI=1S/C12H15N5/c1-4-6-9(5-2)16-11-10-7-15-17(3)12(10)14-8-13-11/h2,7-9H,4,6H2,1,3H3,(H,13,14,16). The van der Waals surface area contributed by atoms with E-state index in [-0.39, 0.29) is 6.04 Å². The molecule has 0 radical (unpaired) electrons. The second-order valence-corrected chi connectivity index (χ2v) is 3.88. The third kappa shape index (κ3) is 2.21. The van der Waals surface area contributed by atoms with Gasteiger partial charge in [-0.1, -0.05) is 19.3 Å². The van der Waals surface area contributed by atoms with Gasteiger partial charge in [-0.3, -0.25) is 4.68 Å². The van der Waals surface area contributed by atoms with Gasteiger partial charge in [-0.15, -0.1) is 6.42 Å². The predicted molar refractivity (Wildman–Crippen MR) is 67.5 cm³/mol. The minimum atomic E-state index is -0.00157. The Kier molecular flexibility index (Phi) is 3.24. The van der Waals surface area contributed by atoms with Gasteiger partial charge < -0.3 is 5.32 Å². The van der Waals surface area contributed by atoms with Crippen molar-refractivity contribution in [1.82, 2.24) is 19.7 Å². The Hall–Kier alpha value is -2.09. The number of hydrogen-bond donors (Lipinski definition) is 1. The van der Waals surface area contributed by atoms with E-state index in [2.05, 4.69) is 33.2 Å². The molecule has 17 heavy (non-hydrogen) atoms. The minimum absolute atomic E-state index is 0.00157. The highest BCUT2D eigenvalue weighted by Crippen LogP contribution is 2.19. The molecule has 0 aliphatic rings. The lowest BCUT2D eigenvalue weighted by Gasteiger charge is -2.12. The second-order valence-electron chi connectivity index (χ2n) is 3.88. The van der Waals surface area contributed by atoms with Crippen LogP contribution in [0.1, 0.15) is 19.8 Å². The van der Waals surface area contributed by atoms with Crippen molar-refractivity contribution in [2.75, 3.05) is 5.32 Å². The van der Waals surface area contributed by atoms with Gasteiger partial charge in [-0.2, -0.15) is 5.10 Å². The molecule has 88 valence electrons. The monoisotopic (exact) mass is 229 g/mol. The van der Waals surface area contributed by atoms with Crippen molar-refractivity contribution in [3.8, 4) is 12.3 Å². The van der Waals surface area contributed by atoms with E-state index in [0.29, 0.717) is 0 Å². The highest BCUT2D eigenvalue weighted by molar-refractivity contribution is 5.86. The molecule has 0 aromatic carbocycles. The molecule has 2 aromatic rings. The average molecular weight is 229 g/mol. The van der Waals surface area contributed by atoms with Crippen LogP contribution in [0.5, 0.6) is 0 Å². The number of nitrogens with one attached hydrogen (secondary N) is 1. The zero-order valence-electron chi connectivity index (χ0n) is 10.0. The number of fused-ring (bicyclic) bond motifs is 1. The van der Waals surface area contributed by atoms with Crippen LogP contribution in [0.4, 0.5) is 5.82 Å². The van der Waals surface area contributed by atoms with Gasteiger partial charge in [-0.25, -0.2) is 9.97 Å². The summed E-state index contributed by atoms with van der Waals surface area (Å²) in [5.74, 6) is 3.47. The quantitative estimate of drug-likeness (QED) is 0.809. The topological polar surface area (TPSA) is 55.6 Å². The van der Waals surface area contributed by atoms with Gasteiger partial charge in [0, 0.05) is 7.05 Å². The van der Waals surface area contributed by atoms with Gasteiger partial charge in [0.2, 0.25) is 0 Å². The van der Waals surface area contributed by atoms with Crippen LogP contribution in [-0.2, 0) is 7.05 Å². The lowest BCUT2D eigenvalue weighted by Crippen LogP contribution is -2.17. The molecule has 0 aliphatic heterocycles. The van der Waals surface area contributed by atoms with E-state index in [1.807, 2.05) is 7.05 Å². The highest BCUT2D eigenvalue weighted by Gasteiger charge is 2.10. The number of hydrogen-bond acceptors (Lipinski definition) is 4. The maximum absolute atomic E-state index is 5.48. The molecule has 0 aliphatic carbocycles. The highest BCUT2D eigenvalue weighted by atomic mass is 15.3. The minimum Gasteiger partial charge on any atom is -0.356 e. The molecule has 0 bridgehead atoms. The van der Waals surface area contributed by atoms with Gasteiger partial charge in [0.15, 0.2) is 5.65 Å². The Bertz CT molecular complexity index is 552. The molecule has 2 aromatic heterocycles. The summed E-state index contributed by atoms with van der Waals surface area (Å²) in [5, 5.41) is 8.30. The molecule has 2 rings (SSSR count). The summed E-state index contributed by atoms with van der Waals surface area (Å²) in [7, 11) is 1.85. The second kappa shape index (κ2) is 4.83. The van der Waals surface area contributed by atoms with E-state index in [0.717, 1.165) is 29.7 Å². The molecule has 0 saturated carbocycles. The van der Waals surface area contributed by atoms with Crippen molar-refractivity contribution in [2.24, 2.45) is 7.05 Å². The van der Waals surface area contributed by atoms with Crippen molar-refractivity contribution < 1.29 is 0 Å². The lowest BCUT2D eigenvalue weighted by atomic mass is 10.2. The van der Waals surface area contributed by atoms with Crippen LogP contribution >= 0.6 is 0 Å². The lowest BCUT2D eigenvalue weighted by molar-refractivity contribution is 0.753. The van der Waals surface area contributed by atoms with Gasteiger partial charge in [0.25, 0.3) is 0 Å². The first-order valence-corrected chi connectivity index (χ1v) is 5.61. The van der Waals surface area contributed by atoms with Crippen LogP contribution in [-0.4, -0.2) is 25.8 Å². The fourth-order valence-electron chi connectivity index (χ4n) is 1.73. The Morgan fingerprint density at radius 1 is 1.53 bits per heavy atom. The van der Waals surface area contributed by atoms with E-state index in [9.17, 15) is 0 Å². The zero-order valence-corrected chi connectivity index (χ0v) is 10.0. The zero-order chi connectivity index (χ0) is 12.3. The molecular formula is C12H15N5. The molecule has 0 saturated heterocycles. The number of terminal acetylenes is 1. The molecule has 0 fully saturated rings. The number of aromatic nitrogens is 4. The van der Waals surface area contributed by atoms with E-state index in [4.69, 9.17) is 6.42 Å². The van der Waals surface area contributed by atoms with Crippen LogP contribution in [0.2, 0.25) is 0 Å². The molecule has 1 atom stereocenters. The summed E-state index contributed by atoms with van der Waals surface area (Å²) in [4.78, 5) is 8.40. The largest absolute Gasteiger partial charge is 0.356 e. The van der Waals surface area contributed by atoms with E-state index >= 15 is 0 Å². The maximum atomic E-state index is 5.48. The smallest absolute Gasteiger partial charge is 0.163 e. The van der Waals surface area contributed by atoms with Crippen LogP contribution in [0.25, 0.3) is 11.0 Å². The molecule has 0 spiro atoms. The summed E-state index contributed by atoms with van der Waals surface area (Å²) < 4.78 is 1.72. The van der Waals surface area contributed by atoms with Crippen LogP contribution in [0.3, 0.4) is 0 Å². The summed E-state index contributed by atoms with van der Waals surface area (Å²) in [6.45, 7) is 2.10. The SMILES string of the molecule is C#CC(CCC)Nc1ncnc2c1cnn2C. The normalized spacial score (nSPS) is 12.3. The van der Waals surface area contributed by atoms with Crippen molar-refractivity contribution in [3.63, 3.8) is 0 Å². The van der Waals surface area contributed by atoms with Gasteiger partial charge in [0.05, 0.1) is 17.6 Å². The first kappa shape index (κ1) is 11.4. The van der Waals surface area contributed by atoms with Gasteiger partial charge in [0.1, 0.15) is 12.1 Å². The number of rotatable bonds is 4. The first-order chi connectivity index (χ1) is 8.26. The van der Waals surface area contributed by atoms with Crippen LogP contribution in [0.15, 0.2) is 12.5 Å². The third-order valence-electron chi connectivity index (χ3n) is 2.62. The maximum Gasteiger partial charge on any atom is 0.163 e. The molecule has 5 heteroatoms. The average Bonchev–Trinajstić information content (AvgIpc) is 2.72. The van der Waals surface area contributed by atoms with E-state index < -0.39 is 0 Å². The molecule has 5 nitrogen and oxygen atoms in total. The summed E-state index contributed by atoms with van der Waals surface area (Å²) in [5.41, 5.74) is 0.801. The van der Waals surface area contributed by atoms with Gasteiger partial charge in [-0.05, 0) is 6.42 Å². The van der Waals surface area contributed by atoms with E-state index in [1.54, 1.807) is 10.9 Å². The Morgan fingerprint density at radius 2 is 2.35 bits per heavy atom. The fourth-order valence-corrected chi connectivity index (χ4v) is 1.73. The molecule has 0 amide bonds. The number of aryl methyl sites for hydroxylation is 1. The molecule has 1 unspecified atom stereocenters. The summed E-state index contributed by atoms with van der Waals surface area (Å²) in [6.07, 6.45) is 10.7. The van der Waals surface area contributed by atoms with Gasteiger partial charge >= 0.3 is 0 Å². The van der Waals surface area contributed by atoms with Crippen molar-refractivity contribution in [3.05, 3.63) is 12.5 Å². The summed E-state index contributed by atoms with van der Waals surface area (Å²) >= 11 is 0. The fraction of sp³-hybridized carbons (Fsp3) is 0.417. The number of nitrogens with zero attached hydrogens (tertiary/aromatic N) is 4. The van der Waals surface area contributed by atoms with Crippen molar-refractivity contribution in [1.29, 1.82) is 0 Å². The third-order valence-corrected chi connectivity index (χ3v) is 2.62. The van der Waals surface area contributed by atoms with E-state index in [1.165, 1.54) is 6.33 Å². The Morgan fingerprint density at radius 3 is 3.06 bits per heavy atom. The van der Waals surface area contributed by atoms with Crippen LogP contribution in [0, 0.1) is 12.3 Å².